The van der Waals surface area contributed by atoms with Crippen LogP contribution in [0.3, 0.4) is 0 Å². The first-order valence-electron chi connectivity index (χ1n) is 7.58. The van der Waals surface area contributed by atoms with Crippen LogP contribution >= 0.6 is 11.6 Å². The molecule has 0 aliphatic heterocycles. The summed E-state index contributed by atoms with van der Waals surface area (Å²) >= 11 is 6.05. The van der Waals surface area contributed by atoms with Crippen LogP contribution in [-0.2, 0) is 4.79 Å². The Kier molecular flexibility index (Phi) is 6.32. The molecule has 1 amide bonds. The van der Waals surface area contributed by atoms with E-state index in [-0.39, 0.29) is 5.91 Å². The summed E-state index contributed by atoms with van der Waals surface area (Å²) in [6, 6.07) is 12.3. The molecule has 5 nitrogen and oxygen atoms in total. The number of nitrogens with one attached hydrogen (secondary N) is 1. The van der Waals surface area contributed by atoms with Gasteiger partial charge in [-0.1, -0.05) is 23.7 Å². The summed E-state index contributed by atoms with van der Waals surface area (Å²) in [4.78, 5) is 12.3. The highest BCUT2D eigenvalue weighted by Crippen LogP contribution is 2.29. The topological polar surface area (TPSA) is 56.8 Å². The van der Waals surface area contributed by atoms with Crippen molar-refractivity contribution in [3.8, 4) is 17.2 Å². The molecule has 0 bridgehead atoms. The molecule has 0 spiro atoms. The Balaban J connectivity index is 2.03. The average Bonchev–Trinajstić information content (AvgIpc) is 2.57. The molecule has 0 saturated heterocycles. The summed E-state index contributed by atoms with van der Waals surface area (Å²) in [5, 5.41) is 3.18. The smallest absolute Gasteiger partial charge is 0.265 e. The quantitative estimate of drug-likeness (QED) is 0.815. The molecular formula is C18H20ClNO4. The number of rotatable bonds is 7. The van der Waals surface area contributed by atoms with Crippen LogP contribution in [0.1, 0.15) is 13.8 Å². The van der Waals surface area contributed by atoms with Crippen LogP contribution in [0.5, 0.6) is 17.2 Å². The van der Waals surface area contributed by atoms with Crippen molar-refractivity contribution in [3.63, 3.8) is 0 Å². The summed E-state index contributed by atoms with van der Waals surface area (Å²) in [5.74, 6) is 1.38. The second-order valence-corrected chi connectivity index (χ2v) is 5.39. The predicted octanol–water partition coefficient (Wildman–Crippen LogP) is 4.15. The van der Waals surface area contributed by atoms with Crippen molar-refractivity contribution in [1.82, 2.24) is 0 Å². The number of amides is 1. The molecule has 2 aromatic carbocycles. The maximum absolute atomic E-state index is 12.3. The van der Waals surface area contributed by atoms with Gasteiger partial charge in [0.15, 0.2) is 17.6 Å². The molecule has 24 heavy (non-hydrogen) atoms. The second kappa shape index (κ2) is 8.45. The van der Waals surface area contributed by atoms with Crippen LogP contribution in [0.2, 0.25) is 5.02 Å². The molecule has 6 heteroatoms. The summed E-state index contributed by atoms with van der Waals surface area (Å²) in [6.07, 6.45) is -0.701. The molecule has 1 atom stereocenters. The van der Waals surface area contributed by atoms with Gasteiger partial charge < -0.3 is 19.5 Å². The van der Waals surface area contributed by atoms with Crippen molar-refractivity contribution >= 4 is 23.2 Å². The molecule has 2 rings (SSSR count). The van der Waals surface area contributed by atoms with Crippen molar-refractivity contribution in [2.45, 2.75) is 20.0 Å². The second-order valence-electron chi connectivity index (χ2n) is 4.98. The van der Waals surface area contributed by atoms with E-state index < -0.39 is 6.10 Å². The third-order valence-corrected chi connectivity index (χ3v) is 3.54. The third-order valence-electron chi connectivity index (χ3n) is 3.24. The number of carbonyl (C=O) groups is 1. The van der Waals surface area contributed by atoms with Gasteiger partial charge in [-0.05, 0) is 44.2 Å². The van der Waals surface area contributed by atoms with Crippen LogP contribution in [0.25, 0.3) is 0 Å². The van der Waals surface area contributed by atoms with E-state index in [0.29, 0.717) is 34.6 Å². The lowest BCUT2D eigenvalue weighted by Gasteiger charge is -2.17. The number of hydrogen-bond donors (Lipinski definition) is 1. The highest BCUT2D eigenvalue weighted by atomic mass is 35.5. The molecule has 2 aromatic rings. The van der Waals surface area contributed by atoms with E-state index in [1.54, 1.807) is 37.3 Å². The Hall–Kier alpha value is -2.40. The van der Waals surface area contributed by atoms with Gasteiger partial charge in [-0.3, -0.25) is 4.79 Å². The molecule has 0 fully saturated rings. The zero-order valence-electron chi connectivity index (χ0n) is 13.8. The van der Waals surface area contributed by atoms with Crippen LogP contribution in [0.15, 0.2) is 42.5 Å². The molecule has 0 unspecified atom stereocenters. The van der Waals surface area contributed by atoms with E-state index in [2.05, 4.69) is 5.32 Å². The fraction of sp³-hybridized carbons (Fsp3) is 0.278. The molecule has 0 heterocycles. The number of ether oxygens (including phenoxy) is 3. The third kappa shape index (κ3) is 4.55. The molecule has 128 valence electrons. The van der Waals surface area contributed by atoms with E-state index >= 15 is 0 Å². The predicted molar refractivity (Wildman–Crippen MR) is 94.3 cm³/mol. The minimum Gasteiger partial charge on any atom is -0.495 e. The van der Waals surface area contributed by atoms with Crippen LogP contribution in [0, 0.1) is 0 Å². The minimum atomic E-state index is -0.701. The number of benzene rings is 2. The van der Waals surface area contributed by atoms with Gasteiger partial charge in [0.2, 0.25) is 0 Å². The average molecular weight is 350 g/mol. The van der Waals surface area contributed by atoms with Gasteiger partial charge in [0, 0.05) is 5.69 Å². The summed E-state index contributed by atoms with van der Waals surface area (Å²) < 4.78 is 16.3. The highest BCUT2D eigenvalue weighted by molar-refractivity contribution is 6.32. The van der Waals surface area contributed by atoms with Gasteiger partial charge in [-0.15, -0.1) is 0 Å². The molecule has 1 N–H and O–H groups in total. The summed E-state index contributed by atoms with van der Waals surface area (Å²) in [5.41, 5.74) is 0.569. The fourth-order valence-electron chi connectivity index (χ4n) is 2.05. The zero-order chi connectivity index (χ0) is 17.5. The van der Waals surface area contributed by atoms with Gasteiger partial charge in [0.1, 0.15) is 5.75 Å². The van der Waals surface area contributed by atoms with E-state index in [1.165, 1.54) is 7.11 Å². The first-order chi connectivity index (χ1) is 11.5. The van der Waals surface area contributed by atoms with Crippen molar-refractivity contribution in [3.05, 3.63) is 47.5 Å². The first kappa shape index (κ1) is 17.9. The van der Waals surface area contributed by atoms with Crippen LogP contribution in [-0.4, -0.2) is 25.7 Å². The molecule has 0 radical (unpaired) electrons. The lowest BCUT2D eigenvalue weighted by molar-refractivity contribution is -0.122. The maximum atomic E-state index is 12.3. The van der Waals surface area contributed by atoms with E-state index in [4.69, 9.17) is 25.8 Å². The van der Waals surface area contributed by atoms with E-state index in [1.807, 2.05) is 19.1 Å². The van der Waals surface area contributed by atoms with Gasteiger partial charge >= 0.3 is 0 Å². The summed E-state index contributed by atoms with van der Waals surface area (Å²) in [7, 11) is 1.53. The van der Waals surface area contributed by atoms with Crippen molar-refractivity contribution in [2.24, 2.45) is 0 Å². The number of methoxy groups -OCH3 is 1. The largest absolute Gasteiger partial charge is 0.495 e. The molecule has 0 aromatic heterocycles. The van der Waals surface area contributed by atoms with Gasteiger partial charge in [-0.2, -0.15) is 0 Å². The standard InChI is InChI=1S/C18H20ClNO4/c1-4-23-16-7-5-6-8-17(16)24-12(2)18(21)20-13-9-10-15(22-3)14(19)11-13/h5-12H,4H2,1-3H3,(H,20,21)/t12-/m1/s1. The monoisotopic (exact) mass is 349 g/mol. The number of halogens is 1. The Morgan fingerprint density at radius 2 is 1.88 bits per heavy atom. The first-order valence-corrected chi connectivity index (χ1v) is 7.95. The van der Waals surface area contributed by atoms with E-state index in [9.17, 15) is 4.79 Å². The Labute approximate surface area is 146 Å². The lowest BCUT2D eigenvalue weighted by Crippen LogP contribution is -2.30. The normalized spacial score (nSPS) is 11.5. The van der Waals surface area contributed by atoms with E-state index in [0.717, 1.165) is 0 Å². The lowest BCUT2D eigenvalue weighted by atomic mass is 10.2. The summed E-state index contributed by atoms with van der Waals surface area (Å²) in [6.45, 7) is 4.08. The van der Waals surface area contributed by atoms with Crippen molar-refractivity contribution in [2.75, 3.05) is 19.0 Å². The fourth-order valence-corrected chi connectivity index (χ4v) is 2.31. The Morgan fingerprint density at radius 1 is 1.17 bits per heavy atom. The Bertz CT molecular complexity index is 705. The molecular weight excluding hydrogens is 330 g/mol. The van der Waals surface area contributed by atoms with Crippen molar-refractivity contribution < 1.29 is 19.0 Å². The minimum absolute atomic E-state index is 0.289. The highest BCUT2D eigenvalue weighted by Gasteiger charge is 2.17. The molecule has 0 saturated carbocycles. The van der Waals surface area contributed by atoms with Gasteiger partial charge in [-0.25, -0.2) is 0 Å². The number of hydrogen-bond acceptors (Lipinski definition) is 4. The van der Waals surface area contributed by atoms with Crippen LogP contribution in [0.4, 0.5) is 5.69 Å². The van der Waals surface area contributed by atoms with Gasteiger partial charge in [0.05, 0.1) is 18.7 Å². The van der Waals surface area contributed by atoms with Gasteiger partial charge in [0.25, 0.3) is 5.91 Å². The maximum Gasteiger partial charge on any atom is 0.265 e. The zero-order valence-corrected chi connectivity index (χ0v) is 14.6. The molecule has 0 aliphatic rings. The Morgan fingerprint density at radius 3 is 2.50 bits per heavy atom. The number of carbonyl (C=O) groups excluding carboxylic acids is 1. The van der Waals surface area contributed by atoms with Crippen LogP contribution < -0.4 is 19.5 Å². The number of para-hydroxylation sites is 2. The number of anilines is 1. The van der Waals surface area contributed by atoms with Crippen molar-refractivity contribution in [1.29, 1.82) is 0 Å². The SMILES string of the molecule is CCOc1ccccc1O[C@H](C)C(=O)Nc1ccc(OC)c(Cl)c1. The molecule has 0 aliphatic carbocycles.